The molecule has 0 unspecified atom stereocenters. The number of hydrogen-bond acceptors (Lipinski definition) is 8. The predicted molar refractivity (Wildman–Crippen MR) is 169 cm³/mol. The van der Waals surface area contributed by atoms with Crippen molar-refractivity contribution < 1.29 is 9.53 Å². The van der Waals surface area contributed by atoms with Gasteiger partial charge in [-0.1, -0.05) is 60.4 Å². The van der Waals surface area contributed by atoms with Crippen molar-refractivity contribution in [3.05, 3.63) is 105 Å². The molecule has 2 fully saturated rings. The molecule has 10 heteroatoms. The van der Waals surface area contributed by atoms with Crippen LogP contribution in [0.2, 0.25) is 0 Å². The molecule has 6 rings (SSSR count). The highest BCUT2D eigenvalue weighted by Crippen LogP contribution is 2.38. The van der Waals surface area contributed by atoms with E-state index in [1.54, 1.807) is 30.3 Å². The topological polar surface area (TPSA) is 70.4 Å². The number of pyridine rings is 1. The molecule has 0 N–H and O–H groups in total. The first kappa shape index (κ1) is 27.0. The Bertz CT molecular complexity index is 1700. The molecule has 2 aromatic heterocycles. The number of carbonyl (C=O) groups is 1. The zero-order valence-electron chi connectivity index (χ0n) is 22.8. The Labute approximate surface area is 247 Å². The highest BCUT2D eigenvalue weighted by molar-refractivity contribution is 8.26. The molecule has 4 heterocycles. The van der Waals surface area contributed by atoms with Gasteiger partial charge in [0, 0.05) is 38.1 Å². The maximum absolute atomic E-state index is 13.8. The molecule has 4 aromatic rings. The Kier molecular flexibility index (Phi) is 7.51. The van der Waals surface area contributed by atoms with E-state index >= 15 is 0 Å². The molecule has 0 radical (unpaired) electrons. The van der Waals surface area contributed by atoms with Gasteiger partial charge in [-0.2, -0.15) is 0 Å². The minimum atomic E-state index is -0.226. The summed E-state index contributed by atoms with van der Waals surface area (Å²) in [4.78, 5) is 38.8. The van der Waals surface area contributed by atoms with E-state index in [2.05, 4.69) is 21.9 Å². The zero-order chi connectivity index (χ0) is 28.5. The fourth-order valence-electron chi connectivity index (χ4n) is 5.25. The number of nitrogens with zero attached hydrogens (tertiary/aromatic N) is 5. The van der Waals surface area contributed by atoms with Crippen molar-refractivity contribution in [3.63, 3.8) is 0 Å². The van der Waals surface area contributed by atoms with Gasteiger partial charge < -0.3 is 14.5 Å². The molecular weight excluding hydrogens is 555 g/mol. The third-order valence-electron chi connectivity index (χ3n) is 7.53. The van der Waals surface area contributed by atoms with Crippen LogP contribution in [-0.4, -0.2) is 57.8 Å². The molecule has 0 spiro atoms. The summed E-state index contributed by atoms with van der Waals surface area (Å²) >= 11 is 6.86. The SMILES string of the molecule is COc1ccc(N2CCN(c3nc4ccccn4c(=O)c3/C=C3\SC(=S)N([C@@H](C)c4ccccc4)C3=O)CC2)cc1. The summed E-state index contributed by atoms with van der Waals surface area (Å²) in [5.74, 6) is 1.20. The summed E-state index contributed by atoms with van der Waals surface area (Å²) < 4.78 is 7.29. The number of rotatable bonds is 6. The van der Waals surface area contributed by atoms with Crippen LogP contribution in [0, 0.1) is 0 Å². The Morgan fingerprint density at radius 1 is 0.927 bits per heavy atom. The summed E-state index contributed by atoms with van der Waals surface area (Å²) in [6.45, 7) is 4.84. The monoisotopic (exact) mass is 583 g/mol. The average molecular weight is 584 g/mol. The molecule has 0 saturated carbocycles. The maximum Gasteiger partial charge on any atom is 0.267 e. The zero-order valence-corrected chi connectivity index (χ0v) is 24.4. The van der Waals surface area contributed by atoms with E-state index in [9.17, 15) is 9.59 Å². The van der Waals surface area contributed by atoms with Gasteiger partial charge in [0.15, 0.2) is 0 Å². The number of thioether (sulfide) groups is 1. The van der Waals surface area contributed by atoms with Gasteiger partial charge >= 0.3 is 0 Å². The van der Waals surface area contributed by atoms with Gasteiger partial charge in [-0.25, -0.2) is 4.98 Å². The summed E-state index contributed by atoms with van der Waals surface area (Å²) in [7, 11) is 1.66. The smallest absolute Gasteiger partial charge is 0.267 e. The molecule has 2 aliphatic rings. The Balaban J connectivity index is 1.33. The van der Waals surface area contributed by atoms with Gasteiger partial charge in [-0.3, -0.25) is 18.9 Å². The minimum Gasteiger partial charge on any atom is -0.497 e. The lowest BCUT2D eigenvalue weighted by atomic mass is 10.1. The third-order valence-corrected chi connectivity index (χ3v) is 8.86. The van der Waals surface area contributed by atoms with Crippen molar-refractivity contribution in [1.29, 1.82) is 0 Å². The number of ether oxygens (including phenoxy) is 1. The van der Waals surface area contributed by atoms with Gasteiger partial charge in [-0.15, -0.1) is 0 Å². The Hall–Kier alpha value is -4.15. The number of hydrogen-bond donors (Lipinski definition) is 0. The van der Waals surface area contributed by atoms with Gasteiger partial charge in [-0.05, 0) is 55.0 Å². The summed E-state index contributed by atoms with van der Waals surface area (Å²) in [6.07, 6.45) is 3.38. The number of thiocarbonyl (C=S) groups is 1. The third kappa shape index (κ3) is 5.20. The molecule has 1 atom stereocenters. The highest BCUT2D eigenvalue weighted by Gasteiger charge is 2.36. The van der Waals surface area contributed by atoms with Crippen molar-refractivity contribution in [2.75, 3.05) is 43.1 Å². The molecular formula is C31H29N5O3S2. The summed E-state index contributed by atoms with van der Waals surface area (Å²) in [5.41, 5.74) is 2.85. The van der Waals surface area contributed by atoms with E-state index in [0.717, 1.165) is 30.1 Å². The number of anilines is 2. The van der Waals surface area contributed by atoms with Crippen LogP contribution in [0.1, 0.15) is 24.1 Å². The van der Waals surface area contributed by atoms with Crippen LogP contribution in [0.5, 0.6) is 5.75 Å². The van der Waals surface area contributed by atoms with E-state index in [1.807, 2.05) is 61.5 Å². The molecule has 208 valence electrons. The normalized spacial score (nSPS) is 17.5. The van der Waals surface area contributed by atoms with Crippen molar-refractivity contribution in [2.24, 2.45) is 0 Å². The molecule has 2 saturated heterocycles. The van der Waals surface area contributed by atoms with Crippen LogP contribution in [0.25, 0.3) is 11.7 Å². The van der Waals surface area contributed by atoms with E-state index in [0.29, 0.717) is 39.3 Å². The van der Waals surface area contributed by atoms with Crippen LogP contribution < -0.4 is 20.1 Å². The number of fused-ring (bicyclic) bond motifs is 1. The molecule has 2 aromatic carbocycles. The van der Waals surface area contributed by atoms with Crippen molar-refractivity contribution >= 4 is 57.4 Å². The van der Waals surface area contributed by atoms with Crippen LogP contribution in [0.15, 0.2) is 88.7 Å². The second kappa shape index (κ2) is 11.4. The maximum atomic E-state index is 13.8. The van der Waals surface area contributed by atoms with Crippen LogP contribution >= 0.6 is 24.0 Å². The summed E-state index contributed by atoms with van der Waals surface area (Å²) in [5, 5.41) is 0. The second-order valence-corrected chi connectivity index (χ2v) is 11.6. The number of benzene rings is 2. The molecule has 1 amide bonds. The predicted octanol–water partition coefficient (Wildman–Crippen LogP) is 4.99. The number of carbonyl (C=O) groups excluding carboxylic acids is 1. The first-order valence-corrected chi connectivity index (χ1v) is 14.6. The standard InChI is InChI=1S/C31H29N5O3S2/c1-21(22-8-4-3-5-9-22)36-30(38)26(41-31(36)40)20-25-28(32-27-10-6-7-15-35(27)29(25)37)34-18-16-33(17-19-34)23-11-13-24(39-2)14-12-23/h3-15,20-21H,16-19H2,1-2H3/b26-20-/t21-/m0/s1. The van der Waals surface area contributed by atoms with E-state index in [4.69, 9.17) is 21.9 Å². The van der Waals surface area contributed by atoms with Gasteiger partial charge in [0.1, 0.15) is 21.5 Å². The first-order valence-electron chi connectivity index (χ1n) is 13.4. The minimum absolute atomic E-state index is 0.204. The van der Waals surface area contributed by atoms with Crippen molar-refractivity contribution in [1.82, 2.24) is 14.3 Å². The fraction of sp³-hybridized carbons (Fsp3) is 0.226. The van der Waals surface area contributed by atoms with Crippen molar-refractivity contribution in [3.8, 4) is 5.75 Å². The number of aromatic nitrogens is 2. The lowest BCUT2D eigenvalue weighted by molar-refractivity contribution is -0.123. The quantitative estimate of drug-likeness (QED) is 0.232. The van der Waals surface area contributed by atoms with Gasteiger partial charge in [0.2, 0.25) is 0 Å². The van der Waals surface area contributed by atoms with Crippen molar-refractivity contribution in [2.45, 2.75) is 13.0 Å². The van der Waals surface area contributed by atoms with E-state index < -0.39 is 0 Å². The molecule has 2 aliphatic heterocycles. The molecule has 0 bridgehead atoms. The second-order valence-electron chi connectivity index (χ2n) is 9.89. The highest BCUT2D eigenvalue weighted by atomic mass is 32.2. The van der Waals surface area contributed by atoms with E-state index in [-0.39, 0.29) is 17.5 Å². The Morgan fingerprint density at radius 2 is 1.61 bits per heavy atom. The number of amides is 1. The fourth-order valence-corrected chi connectivity index (χ4v) is 6.65. The van der Waals surface area contributed by atoms with Crippen LogP contribution in [0.4, 0.5) is 11.5 Å². The van der Waals surface area contributed by atoms with E-state index in [1.165, 1.54) is 16.2 Å². The van der Waals surface area contributed by atoms with Gasteiger partial charge in [0.05, 0.1) is 23.6 Å². The molecule has 0 aliphatic carbocycles. The van der Waals surface area contributed by atoms with Crippen LogP contribution in [0.3, 0.4) is 0 Å². The summed E-state index contributed by atoms with van der Waals surface area (Å²) in [6, 6.07) is 23.1. The number of piperazine rings is 1. The molecule has 8 nitrogen and oxygen atoms in total. The largest absolute Gasteiger partial charge is 0.497 e. The lowest BCUT2D eigenvalue weighted by Gasteiger charge is -2.37. The Morgan fingerprint density at radius 3 is 2.32 bits per heavy atom. The number of methoxy groups -OCH3 is 1. The lowest BCUT2D eigenvalue weighted by Crippen LogP contribution is -2.47. The average Bonchev–Trinajstić information content (AvgIpc) is 3.30. The van der Waals surface area contributed by atoms with Gasteiger partial charge in [0.25, 0.3) is 11.5 Å². The first-order chi connectivity index (χ1) is 19.9. The molecule has 41 heavy (non-hydrogen) atoms. The van der Waals surface area contributed by atoms with Crippen LogP contribution in [-0.2, 0) is 4.79 Å².